The Balaban J connectivity index is 1.48. The minimum Gasteiger partial charge on any atom is -0.459 e. The maximum absolute atomic E-state index is 13.1. The maximum Gasteiger partial charge on any atom is 0.338 e. The molecule has 0 fully saturated rings. The van der Waals surface area contributed by atoms with Gasteiger partial charge in [-0.05, 0) is 70.2 Å². The number of benzene rings is 2. The lowest BCUT2D eigenvalue weighted by Crippen LogP contribution is -2.32. The first kappa shape index (κ1) is 26.1. The number of aryl methyl sites for hydroxylation is 2. The molecule has 0 bridgehead atoms. The summed E-state index contributed by atoms with van der Waals surface area (Å²) in [5, 5.41) is 5.84. The van der Waals surface area contributed by atoms with Crippen LogP contribution in [0.5, 0.6) is 0 Å². The van der Waals surface area contributed by atoms with Crippen LogP contribution in [-0.4, -0.2) is 34.8 Å². The largest absolute Gasteiger partial charge is 0.459 e. The van der Waals surface area contributed by atoms with Gasteiger partial charge in [0, 0.05) is 16.1 Å². The predicted octanol–water partition coefficient (Wildman–Crippen LogP) is 5.01. The molecule has 190 valence electrons. The van der Waals surface area contributed by atoms with Gasteiger partial charge in [0.1, 0.15) is 10.7 Å². The van der Waals surface area contributed by atoms with Gasteiger partial charge < -0.3 is 10.1 Å². The second-order valence-electron chi connectivity index (χ2n) is 8.46. The third-order valence-electron chi connectivity index (χ3n) is 5.38. The third-order valence-corrected chi connectivity index (χ3v) is 6.71. The summed E-state index contributed by atoms with van der Waals surface area (Å²) in [5.74, 6) is -2.31. The summed E-state index contributed by atoms with van der Waals surface area (Å²) in [7, 11) is 0. The predicted molar refractivity (Wildman–Crippen MR) is 142 cm³/mol. The van der Waals surface area contributed by atoms with Gasteiger partial charge >= 0.3 is 5.97 Å². The van der Waals surface area contributed by atoms with Gasteiger partial charge in [-0.15, -0.1) is 11.3 Å². The van der Waals surface area contributed by atoms with Crippen molar-refractivity contribution in [3.63, 3.8) is 0 Å². The van der Waals surface area contributed by atoms with Crippen molar-refractivity contribution >= 4 is 63.1 Å². The highest BCUT2D eigenvalue weighted by molar-refractivity contribution is 7.15. The average molecular weight is 539 g/mol. The zero-order valence-corrected chi connectivity index (χ0v) is 22.0. The molecular formula is C26H23ClN4O5S. The van der Waals surface area contributed by atoms with Crippen molar-refractivity contribution in [2.75, 3.05) is 15.5 Å². The lowest BCUT2D eigenvalue weighted by Gasteiger charge is -2.16. The van der Waals surface area contributed by atoms with E-state index in [4.69, 9.17) is 16.3 Å². The minimum atomic E-state index is -0.728. The Kier molecular flexibility index (Phi) is 7.42. The van der Waals surface area contributed by atoms with Gasteiger partial charge in [-0.1, -0.05) is 17.7 Å². The zero-order valence-electron chi connectivity index (χ0n) is 20.4. The number of anilines is 3. The fourth-order valence-corrected chi connectivity index (χ4v) is 4.47. The van der Waals surface area contributed by atoms with Crippen molar-refractivity contribution in [2.24, 2.45) is 0 Å². The topological polar surface area (TPSA) is 118 Å². The first-order valence-electron chi connectivity index (χ1n) is 11.3. The average Bonchev–Trinajstić information content (AvgIpc) is 3.28. The van der Waals surface area contributed by atoms with Crippen LogP contribution in [0.25, 0.3) is 0 Å². The maximum atomic E-state index is 13.1. The van der Waals surface area contributed by atoms with Gasteiger partial charge in [-0.25, -0.2) is 14.7 Å². The molecule has 0 unspecified atom stereocenters. The summed E-state index contributed by atoms with van der Waals surface area (Å²) in [6.07, 6.45) is -0.323. The number of imide groups is 1. The number of ether oxygens (including phenoxy) is 1. The Morgan fingerprint density at radius 1 is 1.03 bits per heavy atom. The van der Waals surface area contributed by atoms with Crippen LogP contribution in [-0.2, 0) is 14.3 Å². The van der Waals surface area contributed by atoms with Crippen molar-refractivity contribution < 1.29 is 23.9 Å². The van der Waals surface area contributed by atoms with Gasteiger partial charge in [-0.3, -0.25) is 19.7 Å². The SMILES string of the molecule is Cc1nc(NC(=O)c2ccc(NC3=C(Cl)C(=O)N(c4cccc(C(=O)OC(C)C)c4)C3=O)cc2)sc1C. The Hall–Kier alpha value is -4.02. The van der Waals surface area contributed by atoms with E-state index in [-0.39, 0.29) is 34.0 Å². The molecule has 2 N–H and O–H groups in total. The highest BCUT2D eigenvalue weighted by Gasteiger charge is 2.39. The molecule has 0 atom stereocenters. The van der Waals surface area contributed by atoms with Crippen LogP contribution in [0.2, 0.25) is 0 Å². The Morgan fingerprint density at radius 3 is 2.35 bits per heavy atom. The molecule has 3 amide bonds. The summed E-state index contributed by atoms with van der Waals surface area (Å²) in [5.41, 5.74) is 1.95. The number of halogens is 1. The van der Waals surface area contributed by atoms with Crippen LogP contribution in [0, 0.1) is 13.8 Å². The van der Waals surface area contributed by atoms with Crippen molar-refractivity contribution in [1.29, 1.82) is 0 Å². The van der Waals surface area contributed by atoms with E-state index in [1.807, 2.05) is 13.8 Å². The summed E-state index contributed by atoms with van der Waals surface area (Å²) < 4.78 is 5.19. The van der Waals surface area contributed by atoms with Gasteiger partial charge in [0.15, 0.2) is 5.13 Å². The lowest BCUT2D eigenvalue weighted by molar-refractivity contribution is -0.120. The molecule has 3 aromatic rings. The van der Waals surface area contributed by atoms with Gasteiger partial charge in [-0.2, -0.15) is 0 Å². The highest BCUT2D eigenvalue weighted by atomic mass is 35.5. The first-order chi connectivity index (χ1) is 17.5. The van der Waals surface area contributed by atoms with E-state index in [1.165, 1.54) is 29.5 Å². The van der Waals surface area contributed by atoms with E-state index in [1.54, 1.807) is 44.2 Å². The van der Waals surface area contributed by atoms with Crippen molar-refractivity contribution in [3.8, 4) is 0 Å². The zero-order chi connectivity index (χ0) is 26.9. The van der Waals surface area contributed by atoms with Gasteiger partial charge in [0.05, 0.1) is 23.0 Å². The summed E-state index contributed by atoms with van der Waals surface area (Å²) in [6.45, 7) is 7.24. The van der Waals surface area contributed by atoms with Crippen LogP contribution < -0.4 is 15.5 Å². The first-order valence-corrected chi connectivity index (χ1v) is 12.5. The smallest absolute Gasteiger partial charge is 0.338 e. The molecule has 0 saturated carbocycles. The van der Waals surface area contributed by atoms with Crippen LogP contribution in [0.4, 0.5) is 16.5 Å². The molecule has 4 rings (SSSR count). The number of hydrogen-bond acceptors (Lipinski definition) is 8. The number of amides is 3. The van der Waals surface area contributed by atoms with E-state index in [9.17, 15) is 19.2 Å². The lowest BCUT2D eigenvalue weighted by atomic mass is 10.2. The molecule has 0 spiro atoms. The number of nitrogens with one attached hydrogen (secondary N) is 2. The van der Waals surface area contributed by atoms with Crippen LogP contribution in [0.1, 0.15) is 45.1 Å². The van der Waals surface area contributed by atoms with Crippen molar-refractivity contribution in [1.82, 2.24) is 4.98 Å². The van der Waals surface area contributed by atoms with E-state index in [0.29, 0.717) is 16.4 Å². The van der Waals surface area contributed by atoms with E-state index in [0.717, 1.165) is 15.5 Å². The highest BCUT2D eigenvalue weighted by Crippen LogP contribution is 2.31. The fourth-order valence-electron chi connectivity index (χ4n) is 3.44. The number of rotatable bonds is 7. The quantitative estimate of drug-likeness (QED) is 0.320. The molecule has 1 aliphatic rings. The molecule has 1 aromatic heterocycles. The second-order valence-corrected chi connectivity index (χ2v) is 10.0. The number of thiazole rings is 1. The van der Waals surface area contributed by atoms with E-state index in [2.05, 4.69) is 15.6 Å². The number of carbonyl (C=O) groups is 4. The number of esters is 1. The second kappa shape index (κ2) is 10.5. The number of carbonyl (C=O) groups excluding carboxylic acids is 4. The van der Waals surface area contributed by atoms with Crippen LogP contribution in [0.3, 0.4) is 0 Å². The molecule has 0 saturated heterocycles. The molecule has 2 heterocycles. The molecule has 2 aromatic carbocycles. The molecule has 9 nitrogen and oxygen atoms in total. The summed E-state index contributed by atoms with van der Waals surface area (Å²) >= 11 is 7.61. The summed E-state index contributed by atoms with van der Waals surface area (Å²) in [4.78, 5) is 56.9. The molecular weight excluding hydrogens is 516 g/mol. The molecule has 11 heteroatoms. The van der Waals surface area contributed by atoms with E-state index < -0.39 is 17.8 Å². The Labute approximate surface area is 222 Å². The molecule has 37 heavy (non-hydrogen) atoms. The number of hydrogen-bond donors (Lipinski definition) is 2. The van der Waals surface area contributed by atoms with E-state index >= 15 is 0 Å². The Bertz CT molecular complexity index is 1430. The van der Waals surface area contributed by atoms with Crippen LogP contribution >= 0.6 is 22.9 Å². The van der Waals surface area contributed by atoms with Gasteiger partial charge in [0.25, 0.3) is 17.7 Å². The number of aromatic nitrogens is 1. The normalized spacial score (nSPS) is 13.4. The molecule has 0 radical (unpaired) electrons. The Morgan fingerprint density at radius 2 is 1.73 bits per heavy atom. The standard InChI is InChI=1S/C26H23ClN4O5S/c1-13(2)36-25(35)17-6-5-7-19(12-17)31-23(33)20(27)21(24(31)34)29-18-10-8-16(9-11-18)22(32)30-26-28-14(3)15(4)37-26/h5-13,29H,1-4H3,(H,28,30,32). The monoisotopic (exact) mass is 538 g/mol. The van der Waals surface area contributed by atoms with Crippen molar-refractivity contribution in [3.05, 3.63) is 81.0 Å². The fraction of sp³-hybridized carbons (Fsp3) is 0.192. The molecule has 0 aliphatic carbocycles. The van der Waals surface area contributed by atoms with Crippen molar-refractivity contribution in [2.45, 2.75) is 33.8 Å². The van der Waals surface area contributed by atoms with Gasteiger partial charge in [0.2, 0.25) is 0 Å². The van der Waals surface area contributed by atoms with Crippen LogP contribution in [0.15, 0.2) is 59.3 Å². The minimum absolute atomic E-state index is 0.118. The molecule has 1 aliphatic heterocycles. The summed E-state index contributed by atoms with van der Waals surface area (Å²) in [6, 6.07) is 12.3. The number of nitrogens with zero attached hydrogens (tertiary/aromatic N) is 2. The third kappa shape index (κ3) is 5.55.